The third kappa shape index (κ3) is 1.82. The number of aryl methyl sites for hydroxylation is 1. The van der Waals surface area contributed by atoms with Crippen LogP contribution in [0.3, 0.4) is 0 Å². The van der Waals surface area contributed by atoms with E-state index in [0.29, 0.717) is 5.92 Å². The summed E-state index contributed by atoms with van der Waals surface area (Å²) in [7, 11) is 0. The van der Waals surface area contributed by atoms with Gasteiger partial charge >= 0.3 is 0 Å². The van der Waals surface area contributed by atoms with Crippen LogP contribution in [-0.2, 0) is 6.54 Å². The Hall–Kier alpha value is -2.13. The molecule has 0 saturated heterocycles. The topological polar surface area (TPSA) is 40.7 Å². The molecule has 20 heavy (non-hydrogen) atoms. The van der Waals surface area contributed by atoms with Gasteiger partial charge in [-0.3, -0.25) is 0 Å². The molecule has 0 saturated carbocycles. The van der Waals surface area contributed by atoms with Crippen molar-refractivity contribution in [3.63, 3.8) is 0 Å². The molecule has 1 aliphatic rings. The summed E-state index contributed by atoms with van der Waals surface area (Å²) in [6, 6.07) is 15.0. The standard InChI is InChI=1S/C17H17N3/c1-11-6-7-15-16(8-11)20-17(19-15)14-10-18-9-12-4-2-3-5-13(12)14/h2-8,14,18H,9-10H2,1H3,(H,19,20). The summed E-state index contributed by atoms with van der Waals surface area (Å²) in [6.07, 6.45) is 0. The first-order chi connectivity index (χ1) is 9.81. The Kier molecular flexibility index (Phi) is 2.60. The Bertz CT molecular complexity index is 773. The summed E-state index contributed by atoms with van der Waals surface area (Å²) >= 11 is 0. The molecule has 2 aromatic carbocycles. The summed E-state index contributed by atoms with van der Waals surface area (Å²) in [5.74, 6) is 1.37. The van der Waals surface area contributed by atoms with Gasteiger partial charge in [0.1, 0.15) is 5.82 Å². The van der Waals surface area contributed by atoms with Gasteiger partial charge in [-0.25, -0.2) is 4.98 Å². The molecular weight excluding hydrogens is 246 g/mol. The van der Waals surface area contributed by atoms with Crippen molar-refractivity contribution >= 4 is 11.0 Å². The van der Waals surface area contributed by atoms with E-state index < -0.39 is 0 Å². The van der Waals surface area contributed by atoms with Gasteiger partial charge in [0.15, 0.2) is 0 Å². The van der Waals surface area contributed by atoms with Gasteiger partial charge in [0.05, 0.1) is 17.0 Å². The molecule has 2 N–H and O–H groups in total. The van der Waals surface area contributed by atoms with E-state index in [1.54, 1.807) is 0 Å². The highest BCUT2D eigenvalue weighted by Gasteiger charge is 2.23. The highest BCUT2D eigenvalue weighted by Crippen LogP contribution is 2.29. The average Bonchev–Trinajstić information content (AvgIpc) is 2.89. The Balaban J connectivity index is 1.84. The maximum Gasteiger partial charge on any atom is 0.116 e. The van der Waals surface area contributed by atoms with Gasteiger partial charge in [0, 0.05) is 13.1 Å². The van der Waals surface area contributed by atoms with Crippen LogP contribution in [0.4, 0.5) is 0 Å². The van der Waals surface area contributed by atoms with Crippen LogP contribution in [-0.4, -0.2) is 16.5 Å². The van der Waals surface area contributed by atoms with E-state index in [1.165, 1.54) is 16.7 Å². The monoisotopic (exact) mass is 263 g/mol. The van der Waals surface area contributed by atoms with E-state index in [-0.39, 0.29) is 0 Å². The summed E-state index contributed by atoms with van der Waals surface area (Å²) in [6.45, 7) is 4.00. The molecule has 1 aliphatic heterocycles. The molecule has 3 heteroatoms. The van der Waals surface area contributed by atoms with Crippen molar-refractivity contribution in [2.75, 3.05) is 6.54 Å². The van der Waals surface area contributed by atoms with Crippen molar-refractivity contribution in [1.82, 2.24) is 15.3 Å². The second-order valence-electron chi connectivity index (χ2n) is 5.52. The SMILES string of the molecule is Cc1ccc2nc(C3CNCc4ccccc43)[nH]c2c1. The Morgan fingerprint density at radius 3 is 3.00 bits per heavy atom. The van der Waals surface area contributed by atoms with Crippen molar-refractivity contribution in [1.29, 1.82) is 0 Å². The summed E-state index contributed by atoms with van der Waals surface area (Å²) in [4.78, 5) is 8.28. The fourth-order valence-electron chi connectivity index (χ4n) is 3.05. The largest absolute Gasteiger partial charge is 0.341 e. The van der Waals surface area contributed by atoms with Gasteiger partial charge in [-0.15, -0.1) is 0 Å². The quantitative estimate of drug-likeness (QED) is 0.708. The van der Waals surface area contributed by atoms with E-state index >= 15 is 0 Å². The zero-order valence-electron chi connectivity index (χ0n) is 11.5. The zero-order chi connectivity index (χ0) is 13.5. The molecule has 1 atom stereocenters. The number of hydrogen-bond acceptors (Lipinski definition) is 2. The number of hydrogen-bond donors (Lipinski definition) is 2. The van der Waals surface area contributed by atoms with Crippen molar-refractivity contribution in [2.24, 2.45) is 0 Å². The lowest BCUT2D eigenvalue weighted by molar-refractivity contribution is 0.576. The normalized spacial score (nSPS) is 18.1. The fourth-order valence-corrected chi connectivity index (χ4v) is 3.05. The summed E-state index contributed by atoms with van der Waals surface area (Å²) in [5, 5.41) is 3.49. The maximum atomic E-state index is 4.78. The molecule has 3 aromatic rings. The first-order valence-corrected chi connectivity index (χ1v) is 7.06. The van der Waals surface area contributed by atoms with Crippen LogP contribution in [0.2, 0.25) is 0 Å². The lowest BCUT2D eigenvalue weighted by Gasteiger charge is -2.24. The molecule has 0 aliphatic carbocycles. The van der Waals surface area contributed by atoms with Gasteiger partial charge in [-0.1, -0.05) is 30.3 Å². The van der Waals surface area contributed by atoms with Crippen LogP contribution < -0.4 is 5.32 Å². The van der Waals surface area contributed by atoms with Gasteiger partial charge in [-0.05, 0) is 35.7 Å². The molecule has 0 bridgehead atoms. The molecule has 0 spiro atoms. The number of aromatic amines is 1. The van der Waals surface area contributed by atoms with Crippen LogP contribution in [0.5, 0.6) is 0 Å². The summed E-state index contributed by atoms with van der Waals surface area (Å²) in [5.41, 5.74) is 6.20. The smallest absolute Gasteiger partial charge is 0.116 e. The molecule has 4 rings (SSSR count). The van der Waals surface area contributed by atoms with Crippen LogP contribution in [0.1, 0.15) is 28.4 Å². The van der Waals surface area contributed by atoms with Crippen LogP contribution in [0, 0.1) is 6.92 Å². The second-order valence-corrected chi connectivity index (χ2v) is 5.52. The first-order valence-electron chi connectivity index (χ1n) is 7.06. The number of nitrogens with one attached hydrogen (secondary N) is 2. The number of H-pyrrole nitrogens is 1. The number of fused-ring (bicyclic) bond motifs is 2. The lowest BCUT2D eigenvalue weighted by atomic mass is 9.90. The predicted octanol–water partition coefficient (Wildman–Crippen LogP) is 3.11. The maximum absolute atomic E-state index is 4.78. The number of benzene rings is 2. The van der Waals surface area contributed by atoms with Crippen LogP contribution >= 0.6 is 0 Å². The highest BCUT2D eigenvalue weighted by molar-refractivity contribution is 5.76. The number of imidazole rings is 1. The van der Waals surface area contributed by atoms with Gasteiger partial charge in [0.25, 0.3) is 0 Å². The van der Waals surface area contributed by atoms with Gasteiger partial charge in [0.2, 0.25) is 0 Å². The zero-order valence-corrected chi connectivity index (χ0v) is 11.5. The minimum atomic E-state index is 0.313. The molecule has 1 aromatic heterocycles. The molecule has 0 amide bonds. The molecule has 100 valence electrons. The van der Waals surface area contributed by atoms with E-state index in [9.17, 15) is 0 Å². The lowest BCUT2D eigenvalue weighted by Crippen LogP contribution is -2.29. The minimum Gasteiger partial charge on any atom is -0.341 e. The Labute approximate surface area is 118 Å². The number of nitrogens with zero attached hydrogens (tertiary/aromatic N) is 1. The molecule has 2 heterocycles. The number of aromatic nitrogens is 2. The molecule has 1 unspecified atom stereocenters. The van der Waals surface area contributed by atoms with Crippen molar-refractivity contribution in [2.45, 2.75) is 19.4 Å². The van der Waals surface area contributed by atoms with Gasteiger partial charge in [-0.2, -0.15) is 0 Å². The Morgan fingerprint density at radius 1 is 1.15 bits per heavy atom. The van der Waals surface area contributed by atoms with Gasteiger partial charge < -0.3 is 10.3 Å². The first kappa shape index (κ1) is 11.7. The van der Waals surface area contributed by atoms with E-state index in [0.717, 1.165) is 29.9 Å². The molecule has 3 nitrogen and oxygen atoms in total. The Morgan fingerprint density at radius 2 is 2.05 bits per heavy atom. The predicted molar refractivity (Wildman–Crippen MR) is 80.8 cm³/mol. The van der Waals surface area contributed by atoms with E-state index in [1.807, 2.05) is 0 Å². The highest BCUT2D eigenvalue weighted by atomic mass is 15.0. The third-order valence-corrected chi connectivity index (χ3v) is 4.08. The summed E-state index contributed by atoms with van der Waals surface area (Å²) < 4.78 is 0. The van der Waals surface area contributed by atoms with Crippen molar-refractivity contribution in [3.05, 3.63) is 65.0 Å². The van der Waals surface area contributed by atoms with Crippen LogP contribution in [0.15, 0.2) is 42.5 Å². The molecular formula is C17H17N3. The fraction of sp³-hybridized carbons (Fsp3) is 0.235. The second kappa shape index (κ2) is 4.46. The van der Waals surface area contributed by atoms with Crippen molar-refractivity contribution < 1.29 is 0 Å². The molecule has 0 radical (unpaired) electrons. The average molecular weight is 263 g/mol. The van der Waals surface area contributed by atoms with Crippen LogP contribution in [0.25, 0.3) is 11.0 Å². The van der Waals surface area contributed by atoms with E-state index in [4.69, 9.17) is 4.98 Å². The molecule has 0 fully saturated rings. The minimum absolute atomic E-state index is 0.313. The third-order valence-electron chi connectivity index (χ3n) is 4.08. The number of rotatable bonds is 1. The van der Waals surface area contributed by atoms with Crippen molar-refractivity contribution in [3.8, 4) is 0 Å². The van der Waals surface area contributed by atoms with E-state index in [2.05, 4.69) is 59.7 Å².